The Morgan fingerprint density at radius 2 is 1.58 bits per heavy atom. The summed E-state index contributed by atoms with van der Waals surface area (Å²) in [5.41, 5.74) is 9.40. The maximum Gasteiger partial charge on any atom is 0.271 e. The van der Waals surface area contributed by atoms with Gasteiger partial charge in [-0.15, -0.1) is 0 Å². The number of aryl methyl sites for hydroxylation is 1. The fraction of sp³-hybridized carbons (Fsp3) is 0.227. The van der Waals surface area contributed by atoms with Crippen LogP contribution in [0.3, 0.4) is 0 Å². The predicted molar refractivity (Wildman–Crippen MR) is 215 cm³/mol. The molecule has 0 saturated heterocycles. The summed E-state index contributed by atoms with van der Waals surface area (Å²) < 4.78 is 1.64. The van der Waals surface area contributed by atoms with Crippen LogP contribution >= 0.6 is 11.6 Å². The minimum absolute atomic E-state index is 0.00179. The van der Waals surface area contributed by atoms with Crippen molar-refractivity contribution in [1.29, 1.82) is 0 Å². The molecular formula is C44H38ClN5O5. The number of carbonyl (C=O) groups is 2. The van der Waals surface area contributed by atoms with E-state index in [-0.39, 0.29) is 30.5 Å². The number of fused-ring (bicyclic) bond motifs is 5. The third kappa shape index (κ3) is 6.83. The van der Waals surface area contributed by atoms with Gasteiger partial charge >= 0.3 is 0 Å². The zero-order valence-electron chi connectivity index (χ0n) is 30.3. The number of aliphatic hydroxyl groups is 1. The van der Waals surface area contributed by atoms with Crippen LogP contribution in [0.1, 0.15) is 64.8 Å². The second kappa shape index (κ2) is 15.0. The zero-order chi connectivity index (χ0) is 38.2. The van der Waals surface area contributed by atoms with Gasteiger partial charge in [0.2, 0.25) is 5.91 Å². The van der Waals surface area contributed by atoms with Crippen molar-refractivity contribution in [2.75, 3.05) is 6.54 Å². The van der Waals surface area contributed by atoms with Crippen molar-refractivity contribution < 1.29 is 19.6 Å². The van der Waals surface area contributed by atoms with Gasteiger partial charge in [-0.3, -0.25) is 24.3 Å². The Kier molecular flexibility index (Phi) is 9.86. The summed E-state index contributed by atoms with van der Waals surface area (Å²) in [4.78, 5) is 47.4. The van der Waals surface area contributed by atoms with Crippen molar-refractivity contribution in [1.82, 2.24) is 19.9 Å². The van der Waals surface area contributed by atoms with Crippen LogP contribution in [-0.4, -0.2) is 42.9 Å². The first-order valence-electron chi connectivity index (χ1n) is 18.5. The number of hydrogen-bond donors (Lipinski definition) is 2. The number of halogens is 1. The van der Waals surface area contributed by atoms with E-state index < -0.39 is 4.92 Å². The highest BCUT2D eigenvalue weighted by Gasteiger charge is 2.26. The van der Waals surface area contributed by atoms with Crippen LogP contribution in [0.5, 0.6) is 0 Å². The van der Waals surface area contributed by atoms with Crippen LogP contribution in [0.25, 0.3) is 55.2 Å². The molecule has 0 aliphatic heterocycles. The van der Waals surface area contributed by atoms with E-state index in [1.165, 1.54) is 23.1 Å². The fourth-order valence-corrected chi connectivity index (χ4v) is 7.99. The summed E-state index contributed by atoms with van der Waals surface area (Å²) in [7, 11) is 0. The van der Waals surface area contributed by atoms with E-state index in [1.54, 1.807) is 41.0 Å². The Morgan fingerprint density at radius 3 is 2.36 bits per heavy atom. The summed E-state index contributed by atoms with van der Waals surface area (Å²) in [6.45, 7) is 2.28. The van der Waals surface area contributed by atoms with Gasteiger partial charge in [-0.05, 0) is 90.7 Å². The van der Waals surface area contributed by atoms with Gasteiger partial charge < -0.3 is 10.4 Å². The lowest BCUT2D eigenvalue weighted by molar-refractivity contribution is -0.384. The van der Waals surface area contributed by atoms with Gasteiger partial charge in [0, 0.05) is 56.9 Å². The van der Waals surface area contributed by atoms with E-state index in [2.05, 4.69) is 35.6 Å². The summed E-state index contributed by atoms with van der Waals surface area (Å²) in [5, 5.41) is 27.9. The molecule has 0 saturated carbocycles. The van der Waals surface area contributed by atoms with E-state index in [4.69, 9.17) is 21.6 Å². The molecule has 7 aromatic rings. The normalized spacial score (nSPS) is 11.8. The molecule has 0 fully saturated rings. The SMILES string of the molecule is Cc1c(CC(=O)NCCCCCCCc2ccc3c4c(cccc24)-c2nc4ccc([N+](=O)[O-])cc4nc2-3)c2cc(CO)ccc2n1C(=O)c1ccc(Cl)cc1. The maximum atomic E-state index is 13.6. The molecule has 0 spiro atoms. The molecule has 2 heterocycles. The van der Waals surface area contributed by atoms with Gasteiger partial charge in [0.15, 0.2) is 0 Å². The summed E-state index contributed by atoms with van der Waals surface area (Å²) in [5.74, 6) is -0.314. The number of nitrogens with zero attached hydrogens (tertiary/aromatic N) is 4. The molecule has 1 aliphatic carbocycles. The Morgan fingerprint density at radius 1 is 0.836 bits per heavy atom. The van der Waals surface area contributed by atoms with Crippen LogP contribution in [0, 0.1) is 17.0 Å². The molecule has 1 aliphatic rings. The van der Waals surface area contributed by atoms with Crippen molar-refractivity contribution in [2.45, 2.75) is 58.5 Å². The van der Waals surface area contributed by atoms with E-state index in [1.807, 2.05) is 19.1 Å². The Hall–Kier alpha value is -5.97. The number of unbranched alkanes of at least 4 members (excludes halogenated alkanes) is 4. The first-order chi connectivity index (χ1) is 26.7. The van der Waals surface area contributed by atoms with Crippen molar-refractivity contribution in [3.63, 3.8) is 0 Å². The molecule has 0 radical (unpaired) electrons. The smallest absolute Gasteiger partial charge is 0.271 e. The van der Waals surface area contributed by atoms with Crippen LogP contribution in [-0.2, 0) is 24.2 Å². The van der Waals surface area contributed by atoms with Crippen LogP contribution in [0.4, 0.5) is 5.69 Å². The van der Waals surface area contributed by atoms with Crippen molar-refractivity contribution in [3.8, 4) is 22.5 Å². The number of aromatic nitrogens is 3. The Bertz CT molecular complexity index is 2670. The highest BCUT2D eigenvalue weighted by molar-refractivity contribution is 6.30. The number of carbonyl (C=O) groups excluding carboxylic acids is 2. The van der Waals surface area contributed by atoms with Crippen molar-refractivity contribution in [2.24, 2.45) is 0 Å². The van der Waals surface area contributed by atoms with Gasteiger partial charge in [-0.25, -0.2) is 9.97 Å². The highest BCUT2D eigenvalue weighted by atomic mass is 35.5. The molecule has 1 amide bonds. The number of nitro benzene ring substituents is 1. The molecule has 10 nitrogen and oxygen atoms in total. The molecule has 55 heavy (non-hydrogen) atoms. The first kappa shape index (κ1) is 36.0. The minimum Gasteiger partial charge on any atom is -0.392 e. The number of amides is 1. The third-order valence-corrected chi connectivity index (χ3v) is 10.9. The van der Waals surface area contributed by atoms with Gasteiger partial charge in [-0.2, -0.15) is 0 Å². The lowest BCUT2D eigenvalue weighted by Crippen LogP contribution is -2.26. The van der Waals surface area contributed by atoms with E-state index in [0.29, 0.717) is 44.9 Å². The monoisotopic (exact) mass is 751 g/mol. The lowest BCUT2D eigenvalue weighted by atomic mass is 9.95. The number of nitrogens with one attached hydrogen (secondary N) is 1. The number of aliphatic hydroxyl groups excluding tert-OH is 1. The number of benzene rings is 5. The van der Waals surface area contributed by atoms with Crippen LogP contribution < -0.4 is 5.32 Å². The minimum atomic E-state index is -0.413. The second-order valence-corrected chi connectivity index (χ2v) is 14.6. The molecule has 11 heteroatoms. The molecule has 2 aromatic heterocycles. The molecule has 2 N–H and O–H groups in total. The van der Waals surface area contributed by atoms with Crippen LogP contribution in [0.15, 0.2) is 91.0 Å². The van der Waals surface area contributed by atoms with Crippen molar-refractivity contribution >= 4 is 61.8 Å². The lowest BCUT2D eigenvalue weighted by Gasteiger charge is -2.09. The fourth-order valence-electron chi connectivity index (χ4n) is 7.87. The molecule has 0 unspecified atom stereocenters. The summed E-state index contributed by atoms with van der Waals surface area (Å²) in [6, 6.07) is 27.4. The van der Waals surface area contributed by atoms with Gasteiger partial charge in [0.05, 0.1) is 45.9 Å². The number of non-ortho nitro benzene ring substituents is 1. The van der Waals surface area contributed by atoms with E-state index in [0.717, 1.165) is 77.4 Å². The first-order valence-corrected chi connectivity index (χ1v) is 18.9. The molecule has 0 bridgehead atoms. The third-order valence-electron chi connectivity index (χ3n) is 10.7. The Balaban J connectivity index is 0.854. The second-order valence-electron chi connectivity index (χ2n) is 14.1. The Labute approximate surface area is 322 Å². The topological polar surface area (TPSA) is 140 Å². The van der Waals surface area contributed by atoms with E-state index >= 15 is 0 Å². The predicted octanol–water partition coefficient (Wildman–Crippen LogP) is 9.29. The molecule has 8 rings (SSSR count). The highest BCUT2D eigenvalue weighted by Crippen LogP contribution is 2.47. The van der Waals surface area contributed by atoms with Gasteiger partial charge in [0.25, 0.3) is 11.6 Å². The average molecular weight is 752 g/mol. The number of rotatable bonds is 13. The number of hydrogen-bond acceptors (Lipinski definition) is 7. The van der Waals surface area contributed by atoms with Crippen molar-refractivity contribution in [3.05, 3.63) is 134 Å². The molecule has 276 valence electrons. The summed E-state index contributed by atoms with van der Waals surface area (Å²) >= 11 is 6.05. The summed E-state index contributed by atoms with van der Waals surface area (Å²) in [6.07, 6.45) is 6.09. The van der Waals surface area contributed by atoms with Gasteiger partial charge in [-0.1, -0.05) is 67.3 Å². The molecule has 5 aromatic carbocycles. The quantitative estimate of drug-likeness (QED) is 0.0680. The maximum absolute atomic E-state index is 13.6. The number of nitro groups is 1. The largest absolute Gasteiger partial charge is 0.392 e. The standard InChI is InChI=1S/C44H38ClN5O5/c1-26-35(36-22-27(25-51)11-20-39(36)49(26)44(53)29-12-15-30(45)16-13-29)24-40(52)46-21-6-4-2-3-5-8-28-14-18-34-41-32(28)9-7-10-33(41)42-43(34)48-38-23-31(50(54)55)17-19-37(38)47-42/h7,9-20,22-23,51H,2-6,8,21,24-25H2,1H3,(H,46,52). The molecular weight excluding hydrogens is 714 g/mol. The van der Waals surface area contributed by atoms with Crippen LogP contribution in [0.2, 0.25) is 5.02 Å². The van der Waals surface area contributed by atoms with E-state index in [9.17, 15) is 24.8 Å². The molecule has 0 atom stereocenters. The zero-order valence-corrected chi connectivity index (χ0v) is 31.0. The van der Waals surface area contributed by atoms with Gasteiger partial charge in [0.1, 0.15) is 0 Å². The average Bonchev–Trinajstić information content (AvgIpc) is 3.65.